The van der Waals surface area contributed by atoms with E-state index in [9.17, 15) is 13.2 Å². The summed E-state index contributed by atoms with van der Waals surface area (Å²) in [6.07, 6.45) is -0.507. The van der Waals surface area contributed by atoms with Gasteiger partial charge in [0, 0.05) is 13.0 Å². The van der Waals surface area contributed by atoms with Crippen LogP contribution < -0.4 is 5.32 Å². The molecule has 1 aliphatic heterocycles. The molecule has 104 valence electrons. The first-order valence-electron chi connectivity index (χ1n) is 5.84. The zero-order valence-electron chi connectivity index (χ0n) is 10.4. The van der Waals surface area contributed by atoms with Crippen molar-refractivity contribution in [2.75, 3.05) is 6.54 Å². The number of hydrogen-bond donors (Lipinski definition) is 2. The molecule has 1 aromatic carbocycles. The summed E-state index contributed by atoms with van der Waals surface area (Å²) in [5.74, 6) is -1.00. The van der Waals surface area contributed by atoms with Crippen molar-refractivity contribution in [1.82, 2.24) is 5.32 Å². The van der Waals surface area contributed by atoms with Crippen molar-refractivity contribution < 1.29 is 22.5 Å². The zero-order chi connectivity index (χ0) is 14.0. The minimum absolute atomic E-state index is 0.0804. The summed E-state index contributed by atoms with van der Waals surface area (Å²) >= 11 is 0. The van der Waals surface area contributed by atoms with Gasteiger partial charge in [-0.3, -0.25) is 8.98 Å². The van der Waals surface area contributed by atoms with Gasteiger partial charge in [-0.2, -0.15) is 8.42 Å². The Morgan fingerprint density at radius 1 is 1.37 bits per heavy atom. The predicted octanol–water partition coefficient (Wildman–Crippen LogP) is 0.515. The van der Waals surface area contributed by atoms with Gasteiger partial charge in [0.15, 0.2) is 0 Å². The molecule has 0 aromatic heterocycles. The molecule has 0 spiro atoms. The molecule has 1 saturated heterocycles. The van der Waals surface area contributed by atoms with E-state index in [2.05, 4.69) is 5.32 Å². The van der Waals surface area contributed by atoms with Gasteiger partial charge in [0.25, 0.3) is 10.1 Å². The Bertz CT molecular complexity index is 566. The first-order valence-corrected chi connectivity index (χ1v) is 7.25. The average molecular weight is 285 g/mol. The van der Waals surface area contributed by atoms with Crippen LogP contribution in [0.1, 0.15) is 12.0 Å². The van der Waals surface area contributed by atoms with E-state index in [0.717, 1.165) is 5.56 Å². The van der Waals surface area contributed by atoms with Crippen LogP contribution in [0.2, 0.25) is 0 Å². The van der Waals surface area contributed by atoms with Crippen molar-refractivity contribution in [2.45, 2.75) is 30.4 Å². The topological polar surface area (TPSA) is 92.7 Å². The van der Waals surface area contributed by atoms with Crippen molar-refractivity contribution in [3.05, 3.63) is 29.8 Å². The highest BCUT2D eigenvalue weighted by atomic mass is 32.2. The number of benzene rings is 1. The van der Waals surface area contributed by atoms with Gasteiger partial charge in [-0.25, -0.2) is 0 Å². The SMILES string of the molecule is Cc1ccc(S(=O)(=O)O[C@H]2CNC(C(=O)O)C2)cc1. The molecular formula is C12H15NO5S. The first kappa shape index (κ1) is 14.0. The van der Waals surface area contributed by atoms with Crippen LogP contribution in [0.5, 0.6) is 0 Å². The van der Waals surface area contributed by atoms with Crippen molar-refractivity contribution in [3.63, 3.8) is 0 Å². The van der Waals surface area contributed by atoms with E-state index in [0.29, 0.717) is 0 Å². The second kappa shape index (κ2) is 5.28. The Morgan fingerprint density at radius 3 is 2.53 bits per heavy atom. The molecule has 0 amide bonds. The Hall–Kier alpha value is -1.44. The summed E-state index contributed by atoms with van der Waals surface area (Å²) in [7, 11) is -3.84. The van der Waals surface area contributed by atoms with Gasteiger partial charge in [0.2, 0.25) is 0 Å². The Labute approximate surface area is 111 Å². The van der Waals surface area contributed by atoms with Gasteiger partial charge in [-0.1, -0.05) is 17.7 Å². The Morgan fingerprint density at radius 2 is 2.00 bits per heavy atom. The summed E-state index contributed by atoms with van der Waals surface area (Å²) in [6.45, 7) is 2.07. The molecule has 19 heavy (non-hydrogen) atoms. The van der Waals surface area contributed by atoms with Crippen molar-refractivity contribution in [3.8, 4) is 0 Å². The van der Waals surface area contributed by atoms with Gasteiger partial charge < -0.3 is 10.4 Å². The quantitative estimate of drug-likeness (QED) is 0.783. The maximum atomic E-state index is 12.0. The van der Waals surface area contributed by atoms with Gasteiger partial charge in [-0.15, -0.1) is 0 Å². The number of rotatable bonds is 4. The van der Waals surface area contributed by atoms with Crippen LogP contribution in [0.3, 0.4) is 0 Å². The number of hydrogen-bond acceptors (Lipinski definition) is 5. The number of nitrogens with one attached hydrogen (secondary N) is 1. The third-order valence-electron chi connectivity index (χ3n) is 2.96. The van der Waals surface area contributed by atoms with E-state index in [-0.39, 0.29) is 17.9 Å². The molecule has 2 N–H and O–H groups in total. The van der Waals surface area contributed by atoms with E-state index >= 15 is 0 Å². The van der Waals surface area contributed by atoms with Gasteiger partial charge >= 0.3 is 5.97 Å². The molecule has 7 heteroatoms. The van der Waals surface area contributed by atoms with E-state index in [1.807, 2.05) is 6.92 Å². The highest BCUT2D eigenvalue weighted by molar-refractivity contribution is 7.86. The van der Waals surface area contributed by atoms with Crippen LogP contribution in [0.15, 0.2) is 29.2 Å². The van der Waals surface area contributed by atoms with E-state index < -0.39 is 28.2 Å². The van der Waals surface area contributed by atoms with Crippen molar-refractivity contribution >= 4 is 16.1 Å². The minimum Gasteiger partial charge on any atom is -0.480 e. The largest absolute Gasteiger partial charge is 0.480 e. The summed E-state index contributed by atoms with van der Waals surface area (Å²) in [6, 6.07) is 5.56. The fraction of sp³-hybridized carbons (Fsp3) is 0.417. The Kier molecular flexibility index (Phi) is 3.88. The van der Waals surface area contributed by atoms with Crippen LogP contribution in [0.4, 0.5) is 0 Å². The third-order valence-corrected chi connectivity index (χ3v) is 4.34. The lowest BCUT2D eigenvalue weighted by Crippen LogP contribution is -2.30. The molecule has 1 aliphatic rings. The first-order chi connectivity index (χ1) is 8.88. The standard InChI is InChI=1S/C12H15NO5S/c1-8-2-4-10(5-3-8)19(16,17)18-9-6-11(12(14)15)13-7-9/h2-5,9,11,13H,6-7H2,1H3,(H,14,15)/t9-,11?/m1/s1. The van der Waals surface area contributed by atoms with Gasteiger partial charge in [0.1, 0.15) is 6.04 Å². The van der Waals surface area contributed by atoms with Crippen molar-refractivity contribution in [2.24, 2.45) is 0 Å². The molecule has 6 nitrogen and oxygen atoms in total. The number of carboxylic acids is 1. The van der Waals surface area contributed by atoms with Crippen LogP contribution in [0.25, 0.3) is 0 Å². The maximum absolute atomic E-state index is 12.0. The van der Waals surface area contributed by atoms with Gasteiger partial charge in [0.05, 0.1) is 11.0 Å². The summed E-state index contributed by atoms with van der Waals surface area (Å²) in [4.78, 5) is 10.8. The lowest BCUT2D eigenvalue weighted by atomic mass is 10.2. The molecule has 1 aromatic rings. The third kappa shape index (κ3) is 3.31. The second-order valence-electron chi connectivity index (χ2n) is 4.52. The maximum Gasteiger partial charge on any atom is 0.320 e. The number of carboxylic acid groups (broad SMARTS) is 1. The van der Waals surface area contributed by atoms with Crippen molar-refractivity contribution in [1.29, 1.82) is 0 Å². The molecule has 1 unspecified atom stereocenters. The lowest BCUT2D eigenvalue weighted by Gasteiger charge is -2.11. The fourth-order valence-corrected chi connectivity index (χ4v) is 2.99. The number of aliphatic carboxylic acids is 1. The van der Waals surface area contributed by atoms with Crippen LogP contribution in [-0.4, -0.2) is 38.2 Å². The zero-order valence-corrected chi connectivity index (χ0v) is 11.2. The molecule has 0 saturated carbocycles. The summed E-state index contributed by atoms with van der Waals surface area (Å²) < 4.78 is 29.0. The highest BCUT2D eigenvalue weighted by Gasteiger charge is 2.33. The molecule has 0 aliphatic carbocycles. The molecule has 2 atom stereocenters. The molecule has 1 heterocycles. The van der Waals surface area contributed by atoms with E-state index in [1.165, 1.54) is 12.1 Å². The summed E-state index contributed by atoms with van der Waals surface area (Å²) in [5, 5.41) is 11.5. The summed E-state index contributed by atoms with van der Waals surface area (Å²) in [5.41, 5.74) is 0.951. The van der Waals surface area contributed by atoms with E-state index in [4.69, 9.17) is 9.29 Å². The second-order valence-corrected chi connectivity index (χ2v) is 6.09. The normalized spacial score (nSPS) is 23.4. The van der Waals surface area contributed by atoms with Crippen LogP contribution in [-0.2, 0) is 19.1 Å². The van der Waals surface area contributed by atoms with Gasteiger partial charge in [-0.05, 0) is 19.1 Å². The number of carbonyl (C=O) groups is 1. The van der Waals surface area contributed by atoms with Crippen LogP contribution >= 0.6 is 0 Å². The monoisotopic (exact) mass is 285 g/mol. The smallest absolute Gasteiger partial charge is 0.320 e. The highest BCUT2D eigenvalue weighted by Crippen LogP contribution is 2.19. The van der Waals surface area contributed by atoms with Crippen LogP contribution in [0, 0.1) is 6.92 Å². The molecular weight excluding hydrogens is 270 g/mol. The molecule has 2 rings (SSSR count). The fourth-order valence-electron chi connectivity index (χ4n) is 1.90. The molecule has 0 bridgehead atoms. The minimum atomic E-state index is -3.84. The predicted molar refractivity (Wildman–Crippen MR) is 67.3 cm³/mol. The van der Waals surface area contributed by atoms with E-state index in [1.54, 1.807) is 12.1 Å². The molecule has 1 fully saturated rings. The number of aryl methyl sites for hydroxylation is 1. The average Bonchev–Trinajstić information content (AvgIpc) is 2.77. The molecule has 0 radical (unpaired) electrons. The Balaban J connectivity index is 2.06. The lowest BCUT2D eigenvalue weighted by molar-refractivity contribution is -0.139.